The van der Waals surface area contributed by atoms with Gasteiger partial charge in [-0.3, -0.25) is 0 Å². The number of rotatable bonds is 1. The zero-order valence-electron chi connectivity index (χ0n) is 8.14. The predicted molar refractivity (Wildman–Crippen MR) is 65.1 cm³/mol. The predicted octanol–water partition coefficient (Wildman–Crippen LogP) is 4.39. The fourth-order valence-corrected chi connectivity index (χ4v) is 2.79. The van der Waals surface area contributed by atoms with Crippen LogP contribution in [0.5, 0.6) is 0 Å². The van der Waals surface area contributed by atoms with Crippen LogP contribution in [0.3, 0.4) is 0 Å². The molecule has 1 nitrogen and oxygen atoms in total. The highest BCUT2D eigenvalue weighted by Gasteiger charge is 2.12. The second-order valence-electron chi connectivity index (χ2n) is 3.29. The lowest BCUT2D eigenvalue weighted by molar-refractivity contribution is 0.796. The molecule has 3 heteroatoms. The zero-order chi connectivity index (χ0) is 10.3. The fraction of sp³-hybridized carbons (Fsp3) is 0.273. The molecule has 74 valence electrons. The van der Waals surface area contributed by atoms with Crippen LogP contribution in [0.2, 0.25) is 5.15 Å². The Morgan fingerprint density at radius 3 is 2.79 bits per heavy atom. The second kappa shape index (κ2) is 3.59. The van der Waals surface area contributed by atoms with Gasteiger partial charge in [-0.25, -0.2) is 0 Å². The van der Waals surface area contributed by atoms with E-state index < -0.39 is 0 Å². The lowest BCUT2D eigenvalue weighted by atomic mass is 10.2. The average molecular weight is 273 g/mol. The van der Waals surface area contributed by atoms with Crippen LogP contribution < -0.4 is 0 Å². The average Bonchev–Trinajstić information content (AvgIpc) is 2.41. The SMILES string of the molecule is CCn1c(Cl)c(C)c2c(Br)cccc21. The summed E-state index contributed by atoms with van der Waals surface area (Å²) in [6.07, 6.45) is 0. The van der Waals surface area contributed by atoms with Crippen LogP contribution in [0.15, 0.2) is 22.7 Å². The minimum atomic E-state index is 0.842. The molecule has 2 rings (SSSR count). The molecular formula is C11H11BrClN. The molecule has 0 aliphatic carbocycles. The molecule has 0 aliphatic heterocycles. The number of fused-ring (bicyclic) bond motifs is 1. The maximum atomic E-state index is 6.25. The summed E-state index contributed by atoms with van der Waals surface area (Å²) in [7, 11) is 0. The molecule has 0 bridgehead atoms. The smallest absolute Gasteiger partial charge is 0.112 e. The van der Waals surface area contributed by atoms with Gasteiger partial charge in [-0.2, -0.15) is 0 Å². The second-order valence-corrected chi connectivity index (χ2v) is 4.51. The van der Waals surface area contributed by atoms with Gasteiger partial charge in [-0.05, 0) is 31.5 Å². The van der Waals surface area contributed by atoms with E-state index in [0.717, 1.165) is 21.7 Å². The minimum Gasteiger partial charge on any atom is -0.332 e. The van der Waals surface area contributed by atoms with Gasteiger partial charge in [0.2, 0.25) is 0 Å². The van der Waals surface area contributed by atoms with Crippen LogP contribution in [0, 0.1) is 6.92 Å². The van der Waals surface area contributed by atoms with Crippen molar-refractivity contribution in [1.29, 1.82) is 0 Å². The topological polar surface area (TPSA) is 4.93 Å². The van der Waals surface area contributed by atoms with Crippen molar-refractivity contribution in [3.8, 4) is 0 Å². The normalized spacial score (nSPS) is 11.1. The molecule has 0 atom stereocenters. The first-order chi connectivity index (χ1) is 6.66. The van der Waals surface area contributed by atoms with Gasteiger partial charge < -0.3 is 4.57 Å². The van der Waals surface area contributed by atoms with Crippen LogP contribution in [-0.4, -0.2) is 4.57 Å². The number of halogens is 2. The van der Waals surface area contributed by atoms with E-state index in [0.29, 0.717) is 0 Å². The quantitative estimate of drug-likeness (QED) is 0.726. The zero-order valence-corrected chi connectivity index (χ0v) is 10.5. The Morgan fingerprint density at radius 1 is 1.43 bits per heavy atom. The molecular weight excluding hydrogens is 261 g/mol. The molecule has 1 heterocycles. The number of nitrogens with zero attached hydrogens (tertiary/aromatic N) is 1. The van der Waals surface area contributed by atoms with Crippen LogP contribution in [0.25, 0.3) is 10.9 Å². The van der Waals surface area contributed by atoms with Crippen LogP contribution in [0.1, 0.15) is 12.5 Å². The van der Waals surface area contributed by atoms with Gasteiger partial charge in [-0.1, -0.05) is 33.6 Å². The van der Waals surface area contributed by atoms with E-state index >= 15 is 0 Å². The van der Waals surface area contributed by atoms with Gasteiger partial charge in [0, 0.05) is 16.4 Å². The fourth-order valence-electron chi connectivity index (χ4n) is 1.83. The summed E-state index contributed by atoms with van der Waals surface area (Å²) < 4.78 is 3.23. The minimum absolute atomic E-state index is 0.842. The summed E-state index contributed by atoms with van der Waals surface area (Å²) in [5.74, 6) is 0. The van der Waals surface area contributed by atoms with E-state index in [1.807, 2.05) is 12.1 Å². The van der Waals surface area contributed by atoms with Crippen LogP contribution >= 0.6 is 27.5 Å². The van der Waals surface area contributed by atoms with Gasteiger partial charge >= 0.3 is 0 Å². The molecule has 0 fully saturated rings. The molecule has 1 aromatic heterocycles. The lowest BCUT2D eigenvalue weighted by Crippen LogP contribution is -1.92. The molecule has 0 amide bonds. The van der Waals surface area contributed by atoms with E-state index in [-0.39, 0.29) is 0 Å². The third kappa shape index (κ3) is 1.29. The first kappa shape index (κ1) is 10.1. The highest BCUT2D eigenvalue weighted by molar-refractivity contribution is 9.10. The molecule has 0 unspecified atom stereocenters. The first-order valence-corrected chi connectivity index (χ1v) is 5.76. The van der Waals surface area contributed by atoms with Crippen molar-refractivity contribution in [1.82, 2.24) is 4.57 Å². The van der Waals surface area contributed by atoms with Gasteiger partial charge in [0.15, 0.2) is 0 Å². The maximum Gasteiger partial charge on any atom is 0.112 e. The van der Waals surface area contributed by atoms with E-state index in [2.05, 4.69) is 40.4 Å². The maximum absolute atomic E-state index is 6.25. The Balaban J connectivity index is 2.95. The molecule has 2 aromatic rings. The molecule has 0 spiro atoms. The summed E-state index contributed by atoms with van der Waals surface area (Å²) in [5, 5.41) is 2.06. The van der Waals surface area contributed by atoms with Crippen molar-refractivity contribution in [2.45, 2.75) is 20.4 Å². The Morgan fingerprint density at radius 2 is 2.14 bits per heavy atom. The van der Waals surface area contributed by atoms with Crippen molar-refractivity contribution in [2.24, 2.45) is 0 Å². The molecule has 0 saturated heterocycles. The van der Waals surface area contributed by atoms with E-state index in [1.54, 1.807) is 0 Å². The van der Waals surface area contributed by atoms with E-state index in [4.69, 9.17) is 11.6 Å². The lowest BCUT2D eigenvalue weighted by Gasteiger charge is -2.01. The summed E-state index contributed by atoms with van der Waals surface area (Å²) in [6.45, 7) is 5.06. The van der Waals surface area contributed by atoms with Crippen molar-refractivity contribution in [3.63, 3.8) is 0 Å². The number of benzene rings is 1. The number of hydrogen-bond acceptors (Lipinski definition) is 0. The van der Waals surface area contributed by atoms with Crippen LogP contribution in [0.4, 0.5) is 0 Å². The molecule has 0 N–H and O–H groups in total. The Kier molecular flexibility index (Phi) is 2.58. The molecule has 0 aliphatic rings. The monoisotopic (exact) mass is 271 g/mol. The van der Waals surface area contributed by atoms with Crippen molar-refractivity contribution >= 4 is 38.4 Å². The molecule has 1 aromatic carbocycles. The van der Waals surface area contributed by atoms with Gasteiger partial charge in [-0.15, -0.1) is 0 Å². The summed E-state index contributed by atoms with van der Waals surface area (Å²) in [4.78, 5) is 0. The van der Waals surface area contributed by atoms with Crippen molar-refractivity contribution < 1.29 is 0 Å². The van der Waals surface area contributed by atoms with Gasteiger partial charge in [0.25, 0.3) is 0 Å². The Bertz CT molecular complexity index is 487. The summed E-state index contributed by atoms with van der Waals surface area (Å²) in [5.41, 5.74) is 2.35. The van der Waals surface area contributed by atoms with E-state index in [1.165, 1.54) is 10.9 Å². The number of aromatic nitrogens is 1. The highest BCUT2D eigenvalue weighted by atomic mass is 79.9. The summed E-state index contributed by atoms with van der Waals surface area (Å²) >= 11 is 9.80. The standard InChI is InChI=1S/C11H11BrClN/c1-3-14-9-6-4-5-8(12)10(9)7(2)11(14)13/h4-6H,3H2,1-2H3. The molecule has 0 radical (unpaired) electrons. The number of hydrogen-bond donors (Lipinski definition) is 0. The number of aryl methyl sites for hydroxylation is 2. The van der Waals surface area contributed by atoms with Crippen molar-refractivity contribution in [2.75, 3.05) is 0 Å². The third-order valence-electron chi connectivity index (χ3n) is 2.52. The molecule has 14 heavy (non-hydrogen) atoms. The van der Waals surface area contributed by atoms with Crippen molar-refractivity contribution in [3.05, 3.63) is 33.4 Å². The Hall–Kier alpha value is -0.470. The van der Waals surface area contributed by atoms with Gasteiger partial charge in [0.05, 0.1) is 5.52 Å². The van der Waals surface area contributed by atoms with Gasteiger partial charge in [0.1, 0.15) is 5.15 Å². The van der Waals surface area contributed by atoms with E-state index in [9.17, 15) is 0 Å². The first-order valence-electron chi connectivity index (χ1n) is 4.59. The highest BCUT2D eigenvalue weighted by Crippen LogP contribution is 2.34. The largest absolute Gasteiger partial charge is 0.332 e. The van der Waals surface area contributed by atoms with Crippen LogP contribution in [-0.2, 0) is 6.54 Å². The third-order valence-corrected chi connectivity index (χ3v) is 3.67. The molecule has 0 saturated carbocycles. The Labute approximate surface area is 96.8 Å². The summed E-state index contributed by atoms with van der Waals surface area (Å²) in [6, 6.07) is 6.18.